The first-order chi connectivity index (χ1) is 7.29. The fourth-order valence-corrected chi connectivity index (χ4v) is 1.44. The van der Waals surface area contributed by atoms with E-state index in [1.165, 1.54) is 0 Å². The first-order valence-corrected chi connectivity index (χ1v) is 5.77. The van der Waals surface area contributed by atoms with Crippen LogP contribution in [-0.2, 0) is 14.3 Å². The minimum atomic E-state index is -0.470. The van der Waals surface area contributed by atoms with Crippen molar-refractivity contribution < 1.29 is 14.3 Å². The Morgan fingerprint density at radius 1 is 1.25 bits per heavy atom. The number of rotatable bonds is 4. The van der Waals surface area contributed by atoms with Gasteiger partial charge in [0, 0.05) is 19.5 Å². The van der Waals surface area contributed by atoms with Crippen molar-refractivity contribution in [1.82, 2.24) is 4.90 Å². The van der Waals surface area contributed by atoms with Crippen LogP contribution in [0.15, 0.2) is 0 Å². The molecule has 0 bridgehead atoms. The highest BCUT2D eigenvalue weighted by Crippen LogP contribution is 2.26. The van der Waals surface area contributed by atoms with Crippen LogP contribution in [0.4, 0.5) is 0 Å². The maximum absolute atomic E-state index is 11.6. The number of carbonyl (C=O) groups excluding carboxylic acids is 2. The van der Waals surface area contributed by atoms with Crippen molar-refractivity contribution in [3.63, 3.8) is 0 Å². The van der Waals surface area contributed by atoms with E-state index in [2.05, 4.69) is 0 Å². The van der Waals surface area contributed by atoms with Crippen LogP contribution < -0.4 is 0 Å². The van der Waals surface area contributed by atoms with Crippen LogP contribution in [0.5, 0.6) is 0 Å². The molecule has 1 fully saturated rings. The molecule has 0 aromatic heterocycles. The predicted molar refractivity (Wildman–Crippen MR) is 60.9 cm³/mol. The topological polar surface area (TPSA) is 46.6 Å². The van der Waals surface area contributed by atoms with E-state index in [9.17, 15) is 9.59 Å². The molecule has 0 heterocycles. The van der Waals surface area contributed by atoms with E-state index in [0.717, 1.165) is 12.8 Å². The van der Waals surface area contributed by atoms with Gasteiger partial charge in [-0.1, -0.05) is 0 Å². The van der Waals surface area contributed by atoms with Crippen LogP contribution >= 0.6 is 0 Å². The Bertz CT molecular complexity index is 276. The normalized spacial score (nSPS) is 15.8. The van der Waals surface area contributed by atoms with Gasteiger partial charge in [0.25, 0.3) is 0 Å². The van der Waals surface area contributed by atoms with Gasteiger partial charge < -0.3 is 9.64 Å². The van der Waals surface area contributed by atoms with Gasteiger partial charge in [0.2, 0.25) is 5.91 Å². The molecule has 0 N–H and O–H groups in total. The number of esters is 1. The zero-order valence-electron chi connectivity index (χ0n) is 10.6. The first kappa shape index (κ1) is 13.0. The van der Waals surface area contributed by atoms with E-state index < -0.39 is 5.60 Å². The summed E-state index contributed by atoms with van der Waals surface area (Å²) in [6.07, 6.45) is 2.61. The van der Waals surface area contributed by atoms with Crippen molar-refractivity contribution in [3.05, 3.63) is 0 Å². The Morgan fingerprint density at radius 2 is 1.81 bits per heavy atom. The first-order valence-electron chi connectivity index (χ1n) is 5.77. The van der Waals surface area contributed by atoms with Crippen molar-refractivity contribution in [3.8, 4) is 0 Å². The lowest BCUT2D eigenvalue weighted by Gasteiger charge is -2.20. The highest BCUT2D eigenvalue weighted by molar-refractivity contribution is 5.81. The van der Waals surface area contributed by atoms with Gasteiger partial charge in [0.15, 0.2) is 0 Å². The summed E-state index contributed by atoms with van der Waals surface area (Å²) in [5.41, 5.74) is -0.470. The Hall–Kier alpha value is -1.06. The van der Waals surface area contributed by atoms with Crippen molar-refractivity contribution in [2.24, 2.45) is 0 Å². The Balaban J connectivity index is 2.23. The Kier molecular flexibility index (Phi) is 3.94. The van der Waals surface area contributed by atoms with E-state index in [-0.39, 0.29) is 24.7 Å². The summed E-state index contributed by atoms with van der Waals surface area (Å²) >= 11 is 0. The molecule has 1 aliphatic carbocycles. The standard InChI is InChI=1S/C12H21NO3/c1-12(2,3)16-11(15)8-7-10(14)13(4)9-5-6-9/h9H,5-8H2,1-4H3. The monoisotopic (exact) mass is 227 g/mol. The van der Waals surface area contributed by atoms with Gasteiger partial charge in [-0.05, 0) is 33.6 Å². The smallest absolute Gasteiger partial charge is 0.306 e. The molecule has 0 unspecified atom stereocenters. The second-order valence-corrected chi connectivity index (χ2v) is 5.32. The number of ether oxygens (including phenoxy) is 1. The zero-order valence-corrected chi connectivity index (χ0v) is 10.6. The van der Waals surface area contributed by atoms with Crippen LogP contribution in [0.25, 0.3) is 0 Å². The zero-order chi connectivity index (χ0) is 12.3. The van der Waals surface area contributed by atoms with Gasteiger partial charge in [-0.2, -0.15) is 0 Å². The molecule has 16 heavy (non-hydrogen) atoms. The molecule has 1 rings (SSSR count). The maximum Gasteiger partial charge on any atom is 0.306 e. The molecule has 0 aromatic rings. The van der Waals surface area contributed by atoms with Crippen LogP contribution in [0, 0.1) is 0 Å². The summed E-state index contributed by atoms with van der Waals surface area (Å²) in [7, 11) is 1.80. The van der Waals surface area contributed by atoms with Crippen molar-refractivity contribution in [2.45, 2.75) is 58.1 Å². The van der Waals surface area contributed by atoms with Crippen LogP contribution in [0.2, 0.25) is 0 Å². The fourth-order valence-electron chi connectivity index (χ4n) is 1.44. The van der Waals surface area contributed by atoms with Gasteiger partial charge in [-0.25, -0.2) is 0 Å². The van der Waals surface area contributed by atoms with Gasteiger partial charge in [0.1, 0.15) is 5.60 Å². The quantitative estimate of drug-likeness (QED) is 0.687. The van der Waals surface area contributed by atoms with Gasteiger partial charge >= 0.3 is 5.97 Å². The highest BCUT2D eigenvalue weighted by atomic mass is 16.6. The van der Waals surface area contributed by atoms with Gasteiger partial charge in [-0.15, -0.1) is 0 Å². The molecule has 0 saturated heterocycles. The average Bonchev–Trinajstić information content (AvgIpc) is 2.93. The summed E-state index contributed by atoms with van der Waals surface area (Å²) in [6.45, 7) is 5.47. The number of hydrogen-bond acceptors (Lipinski definition) is 3. The number of hydrogen-bond donors (Lipinski definition) is 0. The second-order valence-electron chi connectivity index (χ2n) is 5.32. The van der Waals surface area contributed by atoms with E-state index >= 15 is 0 Å². The fraction of sp³-hybridized carbons (Fsp3) is 0.833. The lowest BCUT2D eigenvalue weighted by Crippen LogP contribution is -2.30. The van der Waals surface area contributed by atoms with Crippen molar-refractivity contribution in [1.29, 1.82) is 0 Å². The molecular formula is C12H21NO3. The number of nitrogens with zero attached hydrogens (tertiary/aromatic N) is 1. The third kappa shape index (κ3) is 4.64. The summed E-state index contributed by atoms with van der Waals surface area (Å²) in [4.78, 5) is 24.7. The van der Waals surface area contributed by atoms with E-state index in [4.69, 9.17) is 4.74 Å². The molecule has 1 saturated carbocycles. The van der Waals surface area contributed by atoms with Crippen LogP contribution in [0.1, 0.15) is 46.5 Å². The molecular weight excluding hydrogens is 206 g/mol. The third-order valence-corrected chi connectivity index (χ3v) is 2.45. The number of carbonyl (C=O) groups is 2. The SMILES string of the molecule is CN(C(=O)CCC(=O)OC(C)(C)C)C1CC1. The summed E-state index contributed by atoms with van der Waals surface area (Å²) in [5.74, 6) is -0.265. The van der Waals surface area contributed by atoms with E-state index in [1.807, 2.05) is 20.8 Å². The number of amides is 1. The lowest BCUT2D eigenvalue weighted by atomic mass is 10.2. The van der Waals surface area contributed by atoms with E-state index in [1.54, 1.807) is 11.9 Å². The molecule has 0 radical (unpaired) electrons. The van der Waals surface area contributed by atoms with Crippen molar-refractivity contribution in [2.75, 3.05) is 7.05 Å². The van der Waals surface area contributed by atoms with Crippen LogP contribution in [-0.4, -0.2) is 35.5 Å². The minimum Gasteiger partial charge on any atom is -0.460 e. The average molecular weight is 227 g/mol. The molecule has 0 aromatic carbocycles. The molecule has 0 aliphatic heterocycles. The second kappa shape index (κ2) is 4.85. The lowest BCUT2D eigenvalue weighted by molar-refractivity contribution is -0.156. The van der Waals surface area contributed by atoms with Gasteiger partial charge in [0.05, 0.1) is 6.42 Å². The molecule has 4 nitrogen and oxygen atoms in total. The molecule has 92 valence electrons. The summed E-state index contributed by atoms with van der Waals surface area (Å²) in [6, 6.07) is 0.408. The highest BCUT2D eigenvalue weighted by Gasteiger charge is 2.29. The summed E-state index contributed by atoms with van der Waals surface area (Å²) < 4.78 is 5.13. The van der Waals surface area contributed by atoms with Crippen LogP contribution in [0.3, 0.4) is 0 Å². The molecule has 0 atom stereocenters. The predicted octanol–water partition coefficient (Wildman–Crippen LogP) is 1.73. The molecule has 4 heteroatoms. The molecule has 1 aliphatic rings. The van der Waals surface area contributed by atoms with Crippen molar-refractivity contribution >= 4 is 11.9 Å². The third-order valence-electron chi connectivity index (χ3n) is 2.45. The Morgan fingerprint density at radius 3 is 2.25 bits per heavy atom. The minimum absolute atomic E-state index is 0.0355. The molecule has 0 spiro atoms. The maximum atomic E-state index is 11.6. The Labute approximate surface area is 96.9 Å². The molecule has 1 amide bonds. The summed E-state index contributed by atoms with van der Waals surface area (Å²) in [5, 5.41) is 0. The van der Waals surface area contributed by atoms with E-state index in [0.29, 0.717) is 6.04 Å². The van der Waals surface area contributed by atoms with Gasteiger partial charge in [-0.3, -0.25) is 9.59 Å². The largest absolute Gasteiger partial charge is 0.460 e.